The van der Waals surface area contributed by atoms with Crippen molar-refractivity contribution in [2.45, 2.75) is 6.42 Å². The van der Waals surface area contributed by atoms with E-state index in [0.29, 0.717) is 13.0 Å². The number of rotatable bonds is 5. The molecule has 1 radical (unpaired) electrons. The third-order valence-corrected chi connectivity index (χ3v) is 1.88. The lowest BCUT2D eigenvalue weighted by Crippen LogP contribution is -1.87. The van der Waals surface area contributed by atoms with Crippen LogP contribution in [0.3, 0.4) is 0 Å². The first-order chi connectivity index (χ1) is 6.83. The van der Waals surface area contributed by atoms with Gasteiger partial charge in [-0.05, 0) is 24.1 Å². The van der Waals surface area contributed by atoms with Crippen molar-refractivity contribution in [2.24, 2.45) is 0 Å². The highest BCUT2D eigenvalue weighted by molar-refractivity contribution is 6.30. The zero-order valence-corrected chi connectivity index (χ0v) is 8.33. The van der Waals surface area contributed by atoms with E-state index in [4.69, 9.17) is 11.6 Å². The van der Waals surface area contributed by atoms with Crippen LogP contribution in [0.25, 0.3) is 6.08 Å². The van der Waals surface area contributed by atoms with Crippen molar-refractivity contribution >= 4 is 24.1 Å². The topological polar surface area (TPSA) is 26.3 Å². The Bertz CT molecular complexity index is 304. The van der Waals surface area contributed by atoms with E-state index in [-0.39, 0.29) is 0 Å². The van der Waals surface area contributed by atoms with Gasteiger partial charge in [-0.1, -0.05) is 35.9 Å². The summed E-state index contributed by atoms with van der Waals surface area (Å²) in [5.74, 6) is 0. The molecule has 0 aliphatic heterocycles. The van der Waals surface area contributed by atoms with Crippen LogP contribution < -0.4 is 0 Å². The predicted octanol–water partition coefficient (Wildman–Crippen LogP) is 2.83. The van der Waals surface area contributed by atoms with Crippen LogP contribution in [0.15, 0.2) is 30.3 Å². The Morgan fingerprint density at radius 3 is 2.71 bits per heavy atom. The van der Waals surface area contributed by atoms with Crippen molar-refractivity contribution in [3.05, 3.63) is 40.9 Å². The maximum Gasteiger partial charge on any atom is 0.417 e. The van der Waals surface area contributed by atoms with Crippen LogP contribution in [0, 0.1) is 0 Å². The molecule has 1 aromatic rings. The van der Waals surface area contributed by atoms with Crippen LogP contribution in [0.1, 0.15) is 12.0 Å². The Morgan fingerprint density at radius 2 is 2.07 bits per heavy atom. The predicted molar refractivity (Wildman–Crippen MR) is 56.7 cm³/mol. The molecule has 73 valence electrons. The maximum atomic E-state index is 9.69. The highest BCUT2D eigenvalue weighted by Crippen LogP contribution is 2.10. The van der Waals surface area contributed by atoms with E-state index in [1.807, 2.05) is 36.4 Å². The summed E-state index contributed by atoms with van der Waals surface area (Å²) in [4.78, 5) is 9.69. The highest BCUT2D eigenvalue weighted by atomic mass is 35.5. The molecule has 0 fully saturated rings. The van der Waals surface area contributed by atoms with Gasteiger partial charge in [0.05, 0.1) is 6.61 Å². The molecular formula is C11H10ClO2. The van der Waals surface area contributed by atoms with Gasteiger partial charge in [0.2, 0.25) is 0 Å². The SMILES string of the molecule is O=[C]OCCC=Cc1ccc(Cl)cc1. The van der Waals surface area contributed by atoms with Crippen LogP contribution in [0.2, 0.25) is 5.02 Å². The van der Waals surface area contributed by atoms with Gasteiger partial charge in [-0.3, -0.25) is 0 Å². The summed E-state index contributed by atoms with van der Waals surface area (Å²) in [5.41, 5.74) is 1.07. The van der Waals surface area contributed by atoms with Gasteiger partial charge >= 0.3 is 6.47 Å². The largest absolute Gasteiger partial charge is 0.457 e. The van der Waals surface area contributed by atoms with Gasteiger partial charge in [-0.25, -0.2) is 4.79 Å². The summed E-state index contributed by atoms with van der Waals surface area (Å²) in [6.07, 6.45) is 4.57. The Hall–Kier alpha value is -1.28. The summed E-state index contributed by atoms with van der Waals surface area (Å²) >= 11 is 5.73. The van der Waals surface area contributed by atoms with E-state index >= 15 is 0 Å². The fraction of sp³-hybridized carbons (Fsp3) is 0.182. The summed E-state index contributed by atoms with van der Waals surface area (Å²) in [7, 11) is 0. The van der Waals surface area contributed by atoms with Gasteiger partial charge < -0.3 is 4.74 Å². The first-order valence-electron chi connectivity index (χ1n) is 4.24. The second kappa shape index (κ2) is 6.22. The lowest BCUT2D eigenvalue weighted by molar-refractivity contribution is 0.284. The second-order valence-electron chi connectivity index (χ2n) is 2.67. The molecule has 0 amide bonds. The number of carbonyl (C=O) groups excluding carboxylic acids is 1. The van der Waals surface area contributed by atoms with Crippen molar-refractivity contribution in [1.82, 2.24) is 0 Å². The minimum absolute atomic E-state index is 0.369. The average molecular weight is 210 g/mol. The first kappa shape index (κ1) is 10.8. The molecule has 0 aliphatic rings. The number of halogens is 1. The van der Waals surface area contributed by atoms with Crippen molar-refractivity contribution in [2.75, 3.05) is 6.61 Å². The Balaban J connectivity index is 2.36. The van der Waals surface area contributed by atoms with Crippen molar-refractivity contribution in [3.63, 3.8) is 0 Å². The summed E-state index contributed by atoms with van der Waals surface area (Å²) in [6, 6.07) is 7.50. The van der Waals surface area contributed by atoms with E-state index in [1.54, 1.807) is 0 Å². The smallest absolute Gasteiger partial charge is 0.417 e. The molecule has 0 saturated carbocycles. The van der Waals surface area contributed by atoms with Gasteiger partial charge in [0, 0.05) is 5.02 Å². The molecule has 3 heteroatoms. The quantitative estimate of drug-likeness (QED) is 0.697. The van der Waals surface area contributed by atoms with Gasteiger partial charge in [0.1, 0.15) is 0 Å². The van der Waals surface area contributed by atoms with E-state index in [1.165, 1.54) is 6.47 Å². The van der Waals surface area contributed by atoms with E-state index in [2.05, 4.69) is 4.74 Å². The first-order valence-corrected chi connectivity index (χ1v) is 4.62. The Labute approximate surface area is 88.1 Å². The molecule has 0 saturated heterocycles. The Kier molecular flexibility index (Phi) is 4.79. The molecule has 0 spiro atoms. The number of hydrogen-bond acceptors (Lipinski definition) is 2. The standard InChI is InChI=1S/C11H10ClO2/c12-11-6-4-10(5-7-11)3-1-2-8-14-9-13/h1,3-7H,2,8H2. The summed E-state index contributed by atoms with van der Waals surface area (Å²) in [6.45, 7) is 1.74. The zero-order valence-electron chi connectivity index (χ0n) is 7.57. The van der Waals surface area contributed by atoms with Gasteiger partial charge in [0.15, 0.2) is 0 Å². The molecule has 1 aromatic carbocycles. The molecular weight excluding hydrogens is 200 g/mol. The molecule has 2 nitrogen and oxygen atoms in total. The fourth-order valence-electron chi connectivity index (χ4n) is 0.962. The minimum atomic E-state index is 0.369. The monoisotopic (exact) mass is 209 g/mol. The molecule has 0 atom stereocenters. The number of hydrogen-bond donors (Lipinski definition) is 0. The van der Waals surface area contributed by atoms with Gasteiger partial charge in [-0.2, -0.15) is 0 Å². The van der Waals surface area contributed by atoms with E-state index < -0.39 is 0 Å². The summed E-state index contributed by atoms with van der Waals surface area (Å²) in [5, 5.41) is 0.723. The third-order valence-electron chi connectivity index (χ3n) is 1.63. The zero-order chi connectivity index (χ0) is 10.2. The average Bonchev–Trinajstić information content (AvgIpc) is 2.21. The van der Waals surface area contributed by atoms with Crippen LogP contribution in [0.5, 0.6) is 0 Å². The molecule has 0 N–H and O–H groups in total. The molecule has 0 aromatic heterocycles. The number of ether oxygens (including phenoxy) is 1. The van der Waals surface area contributed by atoms with Crippen molar-refractivity contribution < 1.29 is 9.53 Å². The fourth-order valence-corrected chi connectivity index (χ4v) is 1.09. The second-order valence-corrected chi connectivity index (χ2v) is 3.11. The van der Waals surface area contributed by atoms with Crippen LogP contribution in [-0.2, 0) is 9.53 Å². The molecule has 14 heavy (non-hydrogen) atoms. The third kappa shape index (κ3) is 4.10. The van der Waals surface area contributed by atoms with Gasteiger partial charge in [0.25, 0.3) is 0 Å². The number of benzene rings is 1. The lowest BCUT2D eigenvalue weighted by atomic mass is 10.2. The minimum Gasteiger partial charge on any atom is -0.457 e. The van der Waals surface area contributed by atoms with Crippen LogP contribution in [-0.4, -0.2) is 13.1 Å². The lowest BCUT2D eigenvalue weighted by Gasteiger charge is -1.94. The Morgan fingerprint density at radius 1 is 1.36 bits per heavy atom. The van der Waals surface area contributed by atoms with Gasteiger partial charge in [-0.15, -0.1) is 0 Å². The van der Waals surface area contributed by atoms with E-state index in [9.17, 15) is 4.79 Å². The molecule has 0 aliphatic carbocycles. The maximum absolute atomic E-state index is 9.69. The van der Waals surface area contributed by atoms with Crippen LogP contribution >= 0.6 is 11.6 Å². The molecule has 0 heterocycles. The highest BCUT2D eigenvalue weighted by Gasteiger charge is 1.87. The van der Waals surface area contributed by atoms with Crippen LogP contribution in [0.4, 0.5) is 0 Å². The van der Waals surface area contributed by atoms with Crippen molar-refractivity contribution in [3.8, 4) is 0 Å². The summed E-state index contributed by atoms with van der Waals surface area (Å²) < 4.78 is 4.41. The molecule has 1 rings (SSSR count). The normalized spacial score (nSPS) is 10.4. The molecule has 0 unspecified atom stereocenters. The molecule has 0 bridgehead atoms. The van der Waals surface area contributed by atoms with Crippen molar-refractivity contribution in [1.29, 1.82) is 0 Å². The van der Waals surface area contributed by atoms with E-state index in [0.717, 1.165) is 10.6 Å².